The van der Waals surface area contributed by atoms with Crippen molar-refractivity contribution in [3.63, 3.8) is 0 Å². The predicted octanol–water partition coefficient (Wildman–Crippen LogP) is 35.3. The maximum atomic E-state index is 5.20. The maximum absolute atomic E-state index is 5.20. The molecule has 27 aromatic rings. The van der Waals surface area contributed by atoms with Crippen LogP contribution in [0.3, 0.4) is 0 Å². The van der Waals surface area contributed by atoms with Gasteiger partial charge in [0.15, 0.2) is 40.8 Å². The van der Waals surface area contributed by atoms with Crippen LogP contribution in [-0.2, 0) is 0 Å². The summed E-state index contributed by atoms with van der Waals surface area (Å²) in [7, 11) is 0. The second kappa shape index (κ2) is 36.3. The first-order valence-electron chi connectivity index (χ1n) is 46.6. The number of aromatic nitrogens is 8. The highest BCUT2D eigenvalue weighted by atomic mass is 32.1. The molecule has 0 radical (unpaired) electrons. The molecule has 21 aromatic carbocycles. The lowest BCUT2D eigenvalue weighted by molar-refractivity contribution is 1.07. The molecule has 139 heavy (non-hydrogen) atoms. The monoisotopic (exact) mass is 1820 g/mol. The van der Waals surface area contributed by atoms with E-state index in [-0.39, 0.29) is 0 Å². The molecule has 0 atom stereocenters. The lowest BCUT2D eigenvalue weighted by Gasteiger charge is -2.13. The van der Waals surface area contributed by atoms with Gasteiger partial charge in [-0.05, 0) is 131 Å². The molecule has 0 amide bonds. The summed E-state index contributed by atoms with van der Waals surface area (Å²) < 4.78 is 7.74. The molecule has 0 bridgehead atoms. The van der Waals surface area contributed by atoms with Crippen LogP contribution < -0.4 is 0 Å². The van der Waals surface area contributed by atoms with E-state index in [1.54, 1.807) is 0 Å². The second-order valence-electron chi connectivity index (χ2n) is 34.7. The summed E-state index contributed by atoms with van der Waals surface area (Å²) in [4.78, 5) is 40.3. The van der Waals surface area contributed by atoms with Gasteiger partial charge >= 0.3 is 0 Å². The highest BCUT2D eigenvalue weighted by Gasteiger charge is 2.23. The minimum absolute atomic E-state index is 0.654. The van der Waals surface area contributed by atoms with Gasteiger partial charge in [0, 0.05) is 127 Å². The van der Waals surface area contributed by atoms with Crippen LogP contribution in [0.15, 0.2) is 485 Å². The zero-order valence-electron chi connectivity index (χ0n) is 75.0. The van der Waals surface area contributed by atoms with Gasteiger partial charge in [-0.2, -0.15) is 0 Å². The molecule has 0 N–H and O–H groups in total. The summed E-state index contributed by atoms with van der Waals surface area (Å²) in [5.41, 5.74) is 22.8. The standard InChI is InChI=1S/C44H28N2S.C43H27N3S.C41H25N3S/c1-4-12-29(13-5-1)30-20-22-33(23-21-30)41-28-40(32-16-8-3-9-17-32)45-44(46-41)34-24-25-36-38(26-34)37(31-14-6-2-7-15-31)27-39-35-18-10-11-19-42(35)47-43(36)39;1-4-11-28(12-5-1)30-19-21-32(22-20-30)42-44-41(31-15-8-3-9-16-31)45-43(46-42)38-18-10-17-36-34(38)25-26-37-35-24-23-33(27-39(35)47-40(36)37)29-13-6-2-7-14-29;1-3-11-28(12-4-1)39-42-40(29-13-5-2-6-14-29)44-41(43-39)31-19-18-27-20-22-34-36-24-30(21-23-37(36)45-38(34)35(27)25-31)33-17-9-15-26-10-7-8-16-32(26)33/h1-28H;1-27H;1-25H. The van der Waals surface area contributed by atoms with Gasteiger partial charge in [0.25, 0.3) is 0 Å². The molecule has 0 unspecified atom stereocenters. The Hall–Kier alpha value is -17.6. The van der Waals surface area contributed by atoms with Crippen molar-refractivity contribution in [2.45, 2.75) is 0 Å². The van der Waals surface area contributed by atoms with Crippen LogP contribution in [0.4, 0.5) is 0 Å². The normalized spacial score (nSPS) is 11.5. The van der Waals surface area contributed by atoms with Crippen LogP contribution >= 0.6 is 34.0 Å². The van der Waals surface area contributed by atoms with Crippen molar-refractivity contribution in [2.24, 2.45) is 0 Å². The topological polar surface area (TPSA) is 103 Å². The van der Waals surface area contributed by atoms with E-state index < -0.39 is 0 Å². The molecule has 11 heteroatoms. The van der Waals surface area contributed by atoms with Gasteiger partial charge in [-0.1, -0.05) is 437 Å². The lowest BCUT2D eigenvalue weighted by Crippen LogP contribution is -2.00. The average molecular weight is 1830 g/mol. The molecule has 27 rings (SSSR count). The third-order valence-corrected chi connectivity index (χ3v) is 29.8. The first-order chi connectivity index (χ1) is 68.8. The fourth-order valence-corrected chi connectivity index (χ4v) is 22.9. The maximum Gasteiger partial charge on any atom is 0.164 e. The van der Waals surface area contributed by atoms with Gasteiger partial charge in [0.2, 0.25) is 0 Å². The largest absolute Gasteiger partial charge is 0.228 e. The van der Waals surface area contributed by atoms with Gasteiger partial charge in [-0.3, -0.25) is 0 Å². The fraction of sp³-hybridized carbons (Fsp3) is 0. The molecule has 650 valence electrons. The summed E-state index contributed by atoms with van der Waals surface area (Å²) in [5.74, 6) is 4.69. The van der Waals surface area contributed by atoms with E-state index in [1.807, 2.05) is 131 Å². The molecule has 0 saturated heterocycles. The quantitative estimate of drug-likeness (QED) is 0.106. The van der Waals surface area contributed by atoms with Crippen LogP contribution in [0.2, 0.25) is 0 Å². The second-order valence-corrected chi connectivity index (χ2v) is 37.8. The number of thiophene rings is 3. The molecule has 8 nitrogen and oxygen atoms in total. The Bertz CT molecular complexity index is 9270. The van der Waals surface area contributed by atoms with Gasteiger partial charge in [0.05, 0.1) is 11.4 Å². The third kappa shape index (κ3) is 16.2. The van der Waals surface area contributed by atoms with Crippen LogP contribution in [0, 0.1) is 0 Å². The molecular formula is C128H80N8S3. The van der Waals surface area contributed by atoms with E-state index in [2.05, 4.69) is 388 Å². The molecule has 0 spiro atoms. The van der Waals surface area contributed by atoms with Crippen molar-refractivity contribution in [1.82, 2.24) is 39.9 Å². The van der Waals surface area contributed by atoms with E-state index in [0.29, 0.717) is 40.8 Å². The SMILES string of the molecule is c1ccc(-c2ccc(-c3cc(-c4ccccc4)nc(-c4ccc5c(c4)c(-c4ccccc4)cc4c6ccccc6sc54)n3)cc2)cc1.c1ccc(-c2ccc(-c3nc(-c4ccccc4)nc(-c4cccc5c4ccc4c6ccc(-c7ccccc7)cc6sc54)n3)cc2)cc1.c1ccc(-c2nc(-c3ccccc3)nc(-c3ccc4ccc5c6cc(-c7cccc8ccccc78)ccc6sc5c4c3)n2)cc1. The highest BCUT2D eigenvalue weighted by Crippen LogP contribution is 2.48. The summed E-state index contributed by atoms with van der Waals surface area (Å²) >= 11 is 5.56. The summed E-state index contributed by atoms with van der Waals surface area (Å²) in [6.07, 6.45) is 0. The number of benzene rings is 21. The molecule has 0 aliphatic heterocycles. The van der Waals surface area contributed by atoms with Gasteiger partial charge in [0.1, 0.15) is 0 Å². The van der Waals surface area contributed by atoms with E-state index in [1.165, 1.54) is 148 Å². The van der Waals surface area contributed by atoms with Crippen LogP contribution in [-0.4, -0.2) is 39.9 Å². The fourth-order valence-electron chi connectivity index (χ4n) is 19.2. The third-order valence-electron chi connectivity index (χ3n) is 26.2. The van der Waals surface area contributed by atoms with Crippen LogP contribution in [0.5, 0.6) is 0 Å². The van der Waals surface area contributed by atoms with Gasteiger partial charge in [-0.15, -0.1) is 34.0 Å². The zero-order valence-corrected chi connectivity index (χ0v) is 77.4. The van der Waals surface area contributed by atoms with Gasteiger partial charge < -0.3 is 0 Å². The van der Waals surface area contributed by atoms with E-state index in [4.69, 9.17) is 39.9 Å². The van der Waals surface area contributed by atoms with Crippen molar-refractivity contribution < 1.29 is 0 Å². The van der Waals surface area contributed by atoms with Crippen molar-refractivity contribution >= 4 is 138 Å². The number of nitrogens with zero attached hydrogens (tertiary/aromatic N) is 8. The molecule has 0 fully saturated rings. The van der Waals surface area contributed by atoms with Crippen molar-refractivity contribution in [3.05, 3.63) is 485 Å². The van der Waals surface area contributed by atoms with Crippen molar-refractivity contribution in [1.29, 1.82) is 0 Å². The number of hydrogen-bond acceptors (Lipinski definition) is 11. The van der Waals surface area contributed by atoms with Crippen LogP contribution in [0.25, 0.3) is 261 Å². The molecule has 0 aliphatic carbocycles. The Labute approximate surface area is 814 Å². The smallest absolute Gasteiger partial charge is 0.164 e. The average Bonchev–Trinajstić information content (AvgIpc) is 1.65. The first kappa shape index (κ1) is 83.3. The highest BCUT2D eigenvalue weighted by molar-refractivity contribution is 7.27. The predicted molar refractivity (Wildman–Crippen MR) is 586 cm³/mol. The summed E-state index contributed by atoms with van der Waals surface area (Å²) in [5, 5.41) is 17.4. The zero-order chi connectivity index (χ0) is 92.1. The lowest BCUT2D eigenvalue weighted by atomic mass is 9.94. The summed E-state index contributed by atoms with van der Waals surface area (Å²) in [6, 6.07) is 171. The number of hydrogen-bond donors (Lipinski definition) is 0. The Morgan fingerprint density at radius 1 is 0.122 bits per heavy atom. The molecule has 6 aromatic heterocycles. The Kier molecular flexibility index (Phi) is 21.8. The number of rotatable bonds is 14. The van der Waals surface area contributed by atoms with Crippen LogP contribution in [0.1, 0.15) is 0 Å². The van der Waals surface area contributed by atoms with E-state index in [0.717, 1.165) is 72.4 Å². The van der Waals surface area contributed by atoms with E-state index >= 15 is 0 Å². The minimum Gasteiger partial charge on any atom is -0.228 e. The molecule has 0 saturated carbocycles. The minimum atomic E-state index is 0.654. The van der Waals surface area contributed by atoms with E-state index in [9.17, 15) is 0 Å². The summed E-state index contributed by atoms with van der Waals surface area (Å²) in [6.45, 7) is 0. The molecule has 0 aliphatic rings. The van der Waals surface area contributed by atoms with Crippen molar-refractivity contribution in [3.8, 4) is 158 Å². The van der Waals surface area contributed by atoms with Gasteiger partial charge in [-0.25, -0.2) is 39.9 Å². The molecular weight excluding hydrogens is 1750 g/mol. The van der Waals surface area contributed by atoms with Crippen molar-refractivity contribution in [2.75, 3.05) is 0 Å². The first-order valence-corrected chi connectivity index (χ1v) is 49.0. The number of fused-ring (bicyclic) bond motifs is 16. The molecule has 6 heterocycles. The Morgan fingerprint density at radius 2 is 0.439 bits per heavy atom. The Balaban J connectivity index is 0.000000110. The Morgan fingerprint density at radius 3 is 1.04 bits per heavy atom.